The van der Waals surface area contributed by atoms with Gasteiger partial charge in [-0.2, -0.15) is 0 Å². The van der Waals surface area contributed by atoms with Gasteiger partial charge in [0, 0.05) is 19.1 Å². The van der Waals surface area contributed by atoms with Crippen molar-refractivity contribution in [2.75, 3.05) is 18.4 Å². The van der Waals surface area contributed by atoms with Gasteiger partial charge in [0.1, 0.15) is 5.82 Å². The van der Waals surface area contributed by atoms with Crippen LogP contribution >= 0.6 is 0 Å². The van der Waals surface area contributed by atoms with E-state index in [1.165, 1.54) is 6.42 Å². The van der Waals surface area contributed by atoms with Crippen molar-refractivity contribution in [3.8, 4) is 0 Å². The summed E-state index contributed by atoms with van der Waals surface area (Å²) in [5, 5.41) is 11.4. The van der Waals surface area contributed by atoms with E-state index in [1.807, 2.05) is 11.0 Å². The van der Waals surface area contributed by atoms with Crippen molar-refractivity contribution in [2.45, 2.75) is 52.5 Å². The molecular weight excluding hydrogens is 264 g/mol. The van der Waals surface area contributed by atoms with Crippen molar-refractivity contribution in [2.24, 2.45) is 5.92 Å². The molecule has 1 aliphatic rings. The first kappa shape index (κ1) is 15.7. The molecule has 116 valence electrons. The number of carbonyl (C=O) groups is 1. The molecular formula is C16H26N4O. The molecule has 1 fully saturated rings. The van der Waals surface area contributed by atoms with Gasteiger partial charge >= 0.3 is 0 Å². The summed E-state index contributed by atoms with van der Waals surface area (Å²) in [6.45, 7) is 8.11. The first-order valence-electron chi connectivity index (χ1n) is 8.00. The van der Waals surface area contributed by atoms with Crippen LogP contribution < -0.4 is 5.32 Å². The molecule has 0 bridgehead atoms. The van der Waals surface area contributed by atoms with E-state index in [-0.39, 0.29) is 5.91 Å². The molecule has 0 saturated carbocycles. The molecule has 1 amide bonds. The average Bonchev–Trinajstić information content (AvgIpc) is 2.52. The van der Waals surface area contributed by atoms with E-state index >= 15 is 0 Å². The molecule has 2 heterocycles. The highest BCUT2D eigenvalue weighted by Gasteiger charge is 2.27. The molecule has 2 rings (SSSR count). The molecule has 0 radical (unpaired) electrons. The number of piperidine rings is 1. The lowest BCUT2D eigenvalue weighted by atomic mass is 9.99. The maximum Gasteiger partial charge on any atom is 0.274 e. The number of aromatic nitrogens is 2. The summed E-state index contributed by atoms with van der Waals surface area (Å²) >= 11 is 0. The molecule has 0 aliphatic carbocycles. The fourth-order valence-corrected chi connectivity index (χ4v) is 2.69. The van der Waals surface area contributed by atoms with Gasteiger partial charge in [-0.3, -0.25) is 4.79 Å². The molecule has 5 nitrogen and oxygen atoms in total. The molecule has 1 aromatic heterocycles. The summed E-state index contributed by atoms with van der Waals surface area (Å²) in [5.74, 6) is 1.29. The summed E-state index contributed by atoms with van der Waals surface area (Å²) in [5.41, 5.74) is 0.449. The lowest BCUT2D eigenvalue weighted by molar-refractivity contribution is 0.0601. The third-order valence-electron chi connectivity index (χ3n) is 3.93. The maximum absolute atomic E-state index is 12.5. The number of anilines is 1. The number of nitrogens with zero attached hydrogens (tertiary/aromatic N) is 3. The molecule has 1 saturated heterocycles. The molecule has 1 atom stereocenters. The summed E-state index contributed by atoms with van der Waals surface area (Å²) < 4.78 is 0. The molecule has 5 heteroatoms. The zero-order valence-corrected chi connectivity index (χ0v) is 13.3. The molecule has 0 spiro atoms. The number of rotatable bonds is 5. The molecule has 1 unspecified atom stereocenters. The van der Waals surface area contributed by atoms with Gasteiger partial charge in [0.05, 0.1) is 0 Å². The number of nitrogens with one attached hydrogen (secondary N) is 1. The van der Waals surface area contributed by atoms with Crippen LogP contribution in [-0.4, -0.2) is 40.1 Å². The lowest BCUT2D eigenvalue weighted by Gasteiger charge is -2.34. The van der Waals surface area contributed by atoms with Gasteiger partial charge in [0.2, 0.25) is 0 Å². The van der Waals surface area contributed by atoms with E-state index in [2.05, 4.69) is 36.3 Å². The van der Waals surface area contributed by atoms with Crippen LogP contribution in [0.4, 0.5) is 5.82 Å². The van der Waals surface area contributed by atoms with Crippen LogP contribution in [0.1, 0.15) is 56.9 Å². The Bertz CT molecular complexity index is 458. The number of amides is 1. The second-order valence-corrected chi connectivity index (χ2v) is 6.13. The zero-order chi connectivity index (χ0) is 15.2. The fourth-order valence-electron chi connectivity index (χ4n) is 2.69. The smallest absolute Gasteiger partial charge is 0.274 e. The van der Waals surface area contributed by atoms with Crippen molar-refractivity contribution >= 4 is 11.7 Å². The van der Waals surface area contributed by atoms with Gasteiger partial charge in [0.25, 0.3) is 5.91 Å². The summed E-state index contributed by atoms with van der Waals surface area (Å²) in [6.07, 6.45) is 4.41. The van der Waals surface area contributed by atoms with Crippen LogP contribution in [0.2, 0.25) is 0 Å². The Morgan fingerprint density at radius 2 is 2.19 bits per heavy atom. The topological polar surface area (TPSA) is 58.1 Å². The van der Waals surface area contributed by atoms with Gasteiger partial charge in [-0.15, -0.1) is 10.2 Å². The fraction of sp³-hybridized carbons (Fsp3) is 0.688. The highest BCUT2D eigenvalue weighted by atomic mass is 16.2. The van der Waals surface area contributed by atoms with E-state index in [0.717, 1.165) is 38.2 Å². The van der Waals surface area contributed by atoms with Crippen molar-refractivity contribution < 1.29 is 4.79 Å². The highest BCUT2D eigenvalue weighted by Crippen LogP contribution is 2.21. The molecule has 1 aromatic rings. The van der Waals surface area contributed by atoms with Crippen molar-refractivity contribution in [3.63, 3.8) is 0 Å². The Balaban J connectivity index is 2.01. The molecule has 21 heavy (non-hydrogen) atoms. The monoisotopic (exact) mass is 290 g/mol. The van der Waals surface area contributed by atoms with Crippen LogP contribution in [0.15, 0.2) is 12.1 Å². The standard InChI is InChI=1S/C16H26N4O/c1-4-13-7-5-6-10-20(13)16(21)14-8-9-15(19-18-14)17-11-12(2)3/h8-9,12-13H,4-7,10-11H2,1-3H3,(H,17,19). The second-order valence-electron chi connectivity index (χ2n) is 6.13. The van der Waals surface area contributed by atoms with E-state index in [1.54, 1.807) is 6.07 Å². The Kier molecular flexibility index (Phi) is 5.53. The highest BCUT2D eigenvalue weighted by molar-refractivity contribution is 5.92. The van der Waals surface area contributed by atoms with E-state index in [4.69, 9.17) is 0 Å². The van der Waals surface area contributed by atoms with Gasteiger partial charge < -0.3 is 10.2 Å². The van der Waals surface area contributed by atoms with Crippen LogP contribution in [0.25, 0.3) is 0 Å². The van der Waals surface area contributed by atoms with E-state index in [9.17, 15) is 4.79 Å². The minimum atomic E-state index is 0.0180. The minimum absolute atomic E-state index is 0.0180. The summed E-state index contributed by atoms with van der Waals surface area (Å²) in [7, 11) is 0. The molecule has 0 aromatic carbocycles. The van der Waals surface area contributed by atoms with E-state index in [0.29, 0.717) is 17.7 Å². The van der Waals surface area contributed by atoms with Crippen molar-refractivity contribution in [1.29, 1.82) is 0 Å². The minimum Gasteiger partial charge on any atom is -0.368 e. The first-order chi connectivity index (χ1) is 10.1. The van der Waals surface area contributed by atoms with Crippen LogP contribution in [0.5, 0.6) is 0 Å². The maximum atomic E-state index is 12.5. The van der Waals surface area contributed by atoms with Crippen LogP contribution in [0, 0.1) is 5.92 Å². The summed E-state index contributed by atoms with van der Waals surface area (Å²) in [4.78, 5) is 14.5. The number of likely N-dealkylation sites (tertiary alicyclic amines) is 1. The lowest BCUT2D eigenvalue weighted by Crippen LogP contribution is -2.43. The quantitative estimate of drug-likeness (QED) is 0.906. The van der Waals surface area contributed by atoms with Gasteiger partial charge in [-0.05, 0) is 43.7 Å². The van der Waals surface area contributed by atoms with Crippen molar-refractivity contribution in [1.82, 2.24) is 15.1 Å². The number of hydrogen-bond acceptors (Lipinski definition) is 4. The summed E-state index contributed by atoms with van der Waals surface area (Å²) in [6, 6.07) is 3.97. The Morgan fingerprint density at radius 1 is 1.38 bits per heavy atom. The third-order valence-corrected chi connectivity index (χ3v) is 3.93. The Labute approximate surface area is 127 Å². The Morgan fingerprint density at radius 3 is 2.81 bits per heavy atom. The first-order valence-corrected chi connectivity index (χ1v) is 8.00. The second kappa shape index (κ2) is 7.38. The normalized spacial score (nSPS) is 18.9. The van der Waals surface area contributed by atoms with Gasteiger partial charge in [-0.1, -0.05) is 20.8 Å². The predicted octanol–water partition coefficient (Wildman–Crippen LogP) is 2.95. The van der Waals surface area contributed by atoms with E-state index < -0.39 is 0 Å². The molecule has 1 N–H and O–H groups in total. The molecule has 1 aliphatic heterocycles. The average molecular weight is 290 g/mol. The van der Waals surface area contributed by atoms with Gasteiger partial charge in [0.15, 0.2) is 5.69 Å². The third kappa shape index (κ3) is 4.16. The van der Waals surface area contributed by atoms with Crippen molar-refractivity contribution in [3.05, 3.63) is 17.8 Å². The zero-order valence-electron chi connectivity index (χ0n) is 13.3. The van der Waals surface area contributed by atoms with Crippen LogP contribution in [0.3, 0.4) is 0 Å². The number of hydrogen-bond donors (Lipinski definition) is 1. The van der Waals surface area contributed by atoms with Gasteiger partial charge in [-0.25, -0.2) is 0 Å². The van der Waals surface area contributed by atoms with Crippen LogP contribution in [-0.2, 0) is 0 Å². The number of carbonyl (C=O) groups excluding carboxylic acids is 1. The largest absolute Gasteiger partial charge is 0.368 e. The Hall–Kier alpha value is -1.65. The SMILES string of the molecule is CCC1CCCCN1C(=O)c1ccc(NCC(C)C)nn1. The predicted molar refractivity (Wildman–Crippen MR) is 84.3 cm³/mol.